The summed E-state index contributed by atoms with van der Waals surface area (Å²) >= 11 is 0. The van der Waals surface area contributed by atoms with E-state index in [9.17, 15) is 23.3 Å². The quantitative estimate of drug-likeness (QED) is 0.271. The number of fused-ring (bicyclic) bond motifs is 1. The fourth-order valence-electron chi connectivity index (χ4n) is 3.04. The van der Waals surface area contributed by atoms with Gasteiger partial charge in [-0.2, -0.15) is 13.5 Å². The third-order valence-corrected chi connectivity index (χ3v) is 5.10. The van der Waals surface area contributed by atoms with Crippen LogP contribution in [-0.4, -0.2) is 44.6 Å². The van der Waals surface area contributed by atoms with Gasteiger partial charge < -0.3 is 9.47 Å². The van der Waals surface area contributed by atoms with Gasteiger partial charge in [0.25, 0.3) is 15.8 Å². The van der Waals surface area contributed by atoms with Gasteiger partial charge in [0.05, 0.1) is 23.5 Å². The van der Waals surface area contributed by atoms with Crippen molar-refractivity contribution >= 4 is 27.4 Å². The number of nitro groups is 1. The highest BCUT2D eigenvalue weighted by atomic mass is 32.2. The van der Waals surface area contributed by atoms with Crippen LogP contribution in [0.5, 0.6) is 11.5 Å². The molecule has 3 rings (SSSR count). The minimum atomic E-state index is -3.67. The fourth-order valence-corrected chi connectivity index (χ4v) is 3.49. The highest BCUT2D eigenvalue weighted by molar-refractivity contribution is 7.85. The molecule has 1 heterocycles. The molecule has 1 amide bonds. The maximum absolute atomic E-state index is 11.5. The number of nitrogens with one attached hydrogen (secondary N) is 1. The summed E-state index contributed by atoms with van der Waals surface area (Å²) in [6.07, 6.45) is 0.959. The molecular formula is C20H21N3O8S. The summed E-state index contributed by atoms with van der Waals surface area (Å²) < 4.78 is 38.8. The molecule has 0 aliphatic carbocycles. The number of non-ortho nitro benzene ring substituents is 1. The first-order valence-corrected chi connectivity index (χ1v) is 11.2. The van der Waals surface area contributed by atoms with E-state index in [4.69, 9.17) is 13.7 Å². The third kappa shape index (κ3) is 5.59. The standard InChI is InChI=1S/C20H21N3O8S/c1-12(10-31-32(3,27)28)16-8-18-19(30-11-29-18)9-17(16)20(22-21-13(2)24)14-4-6-15(7-5-14)23(25)26/h4-9,12H,10-11H2,1-3H3,(H,21,24)/b22-20+. The van der Waals surface area contributed by atoms with Crippen molar-refractivity contribution in [1.29, 1.82) is 0 Å². The summed E-state index contributed by atoms with van der Waals surface area (Å²) in [5.74, 6) is 0.0740. The van der Waals surface area contributed by atoms with Crippen molar-refractivity contribution in [2.24, 2.45) is 5.10 Å². The average molecular weight is 463 g/mol. The summed E-state index contributed by atoms with van der Waals surface area (Å²) in [7, 11) is -3.67. The molecule has 0 spiro atoms. The van der Waals surface area contributed by atoms with Gasteiger partial charge in [-0.15, -0.1) is 0 Å². The van der Waals surface area contributed by atoms with Gasteiger partial charge in [0, 0.05) is 36.1 Å². The molecule has 0 bridgehead atoms. The van der Waals surface area contributed by atoms with Crippen LogP contribution in [0.2, 0.25) is 0 Å². The number of rotatable bonds is 8. The number of hydrogen-bond donors (Lipinski definition) is 1. The first kappa shape index (κ1) is 23.2. The van der Waals surface area contributed by atoms with Gasteiger partial charge in [0.1, 0.15) is 0 Å². The lowest BCUT2D eigenvalue weighted by molar-refractivity contribution is -0.384. The van der Waals surface area contributed by atoms with Crippen molar-refractivity contribution in [1.82, 2.24) is 5.43 Å². The third-order valence-electron chi connectivity index (χ3n) is 4.54. The molecule has 32 heavy (non-hydrogen) atoms. The SMILES string of the molecule is CC(=O)N/N=C(\c1ccc([N+](=O)[O-])cc1)c1cc2c(cc1C(C)COS(C)(=O)=O)OCO2. The maximum Gasteiger partial charge on any atom is 0.269 e. The summed E-state index contributed by atoms with van der Waals surface area (Å²) in [6.45, 7) is 2.93. The van der Waals surface area contributed by atoms with Crippen molar-refractivity contribution in [2.45, 2.75) is 19.8 Å². The summed E-state index contributed by atoms with van der Waals surface area (Å²) in [5, 5.41) is 15.2. The largest absolute Gasteiger partial charge is 0.454 e. The van der Waals surface area contributed by atoms with Gasteiger partial charge in [0.15, 0.2) is 11.5 Å². The lowest BCUT2D eigenvalue weighted by Crippen LogP contribution is -2.19. The Morgan fingerprint density at radius 3 is 2.44 bits per heavy atom. The van der Waals surface area contributed by atoms with E-state index in [1.807, 2.05) is 0 Å². The van der Waals surface area contributed by atoms with Gasteiger partial charge >= 0.3 is 0 Å². The molecule has 1 N–H and O–H groups in total. The molecule has 1 atom stereocenters. The molecule has 0 aromatic heterocycles. The number of nitrogens with zero attached hydrogens (tertiary/aromatic N) is 2. The average Bonchev–Trinajstić information content (AvgIpc) is 3.18. The number of nitro benzene ring substituents is 1. The number of amides is 1. The molecular weight excluding hydrogens is 442 g/mol. The van der Waals surface area contributed by atoms with E-state index < -0.39 is 26.9 Å². The predicted molar refractivity (Wildman–Crippen MR) is 114 cm³/mol. The molecule has 1 aliphatic heterocycles. The first-order valence-electron chi connectivity index (χ1n) is 9.42. The Morgan fingerprint density at radius 2 is 1.88 bits per heavy atom. The van der Waals surface area contributed by atoms with Gasteiger partial charge in [0.2, 0.25) is 12.7 Å². The Morgan fingerprint density at radius 1 is 1.25 bits per heavy atom. The Bertz CT molecular complexity index is 1180. The van der Waals surface area contributed by atoms with Crippen molar-refractivity contribution in [3.8, 4) is 11.5 Å². The maximum atomic E-state index is 11.5. The van der Waals surface area contributed by atoms with Crippen LogP contribution in [-0.2, 0) is 19.1 Å². The zero-order valence-corrected chi connectivity index (χ0v) is 18.3. The van der Waals surface area contributed by atoms with Crippen LogP contribution in [0.1, 0.15) is 36.5 Å². The summed E-state index contributed by atoms with van der Waals surface area (Å²) in [5.41, 5.74) is 4.21. The summed E-state index contributed by atoms with van der Waals surface area (Å²) in [4.78, 5) is 22.0. The van der Waals surface area contributed by atoms with E-state index in [0.29, 0.717) is 33.9 Å². The topological polar surface area (TPSA) is 146 Å². The Kier molecular flexibility index (Phi) is 6.75. The van der Waals surface area contributed by atoms with Gasteiger partial charge in [-0.05, 0) is 29.8 Å². The van der Waals surface area contributed by atoms with E-state index in [1.54, 1.807) is 19.1 Å². The van der Waals surface area contributed by atoms with Crippen LogP contribution < -0.4 is 14.9 Å². The molecule has 12 heteroatoms. The molecule has 0 saturated carbocycles. The monoisotopic (exact) mass is 463 g/mol. The number of carbonyl (C=O) groups excluding carboxylic acids is 1. The molecule has 170 valence electrons. The van der Waals surface area contributed by atoms with Crippen LogP contribution >= 0.6 is 0 Å². The molecule has 0 radical (unpaired) electrons. The number of hydrazone groups is 1. The molecule has 2 aromatic rings. The minimum Gasteiger partial charge on any atom is -0.454 e. The highest BCUT2D eigenvalue weighted by Crippen LogP contribution is 2.38. The second kappa shape index (κ2) is 9.32. The van der Waals surface area contributed by atoms with Crippen LogP contribution in [0, 0.1) is 10.1 Å². The second-order valence-electron chi connectivity index (χ2n) is 7.11. The number of hydrogen-bond acceptors (Lipinski definition) is 9. The van der Waals surface area contributed by atoms with Gasteiger partial charge in [-0.3, -0.25) is 19.1 Å². The van der Waals surface area contributed by atoms with Crippen LogP contribution in [0.15, 0.2) is 41.5 Å². The zero-order chi connectivity index (χ0) is 23.5. The lowest BCUT2D eigenvalue weighted by atomic mass is 9.90. The Labute approximate surface area is 184 Å². The predicted octanol–water partition coefficient (Wildman–Crippen LogP) is 2.29. The van der Waals surface area contributed by atoms with Crippen molar-refractivity contribution in [2.75, 3.05) is 19.7 Å². The van der Waals surface area contributed by atoms with E-state index in [2.05, 4.69) is 10.5 Å². The van der Waals surface area contributed by atoms with Crippen molar-refractivity contribution < 1.29 is 31.8 Å². The van der Waals surface area contributed by atoms with Crippen LogP contribution in [0.25, 0.3) is 0 Å². The molecule has 0 saturated heterocycles. The zero-order valence-electron chi connectivity index (χ0n) is 17.5. The number of carbonyl (C=O) groups is 1. The molecule has 0 fully saturated rings. The molecule has 11 nitrogen and oxygen atoms in total. The van der Waals surface area contributed by atoms with Crippen LogP contribution in [0.4, 0.5) is 5.69 Å². The second-order valence-corrected chi connectivity index (χ2v) is 8.76. The number of ether oxygens (including phenoxy) is 2. The Balaban J connectivity index is 2.13. The van der Waals surface area contributed by atoms with Crippen LogP contribution in [0.3, 0.4) is 0 Å². The van der Waals surface area contributed by atoms with Gasteiger partial charge in [-0.1, -0.05) is 6.92 Å². The van der Waals surface area contributed by atoms with Crippen molar-refractivity contribution in [3.05, 3.63) is 63.2 Å². The molecule has 1 aliphatic rings. The fraction of sp³-hybridized carbons (Fsp3) is 0.300. The summed E-state index contributed by atoms with van der Waals surface area (Å²) in [6, 6.07) is 9.01. The molecule has 2 aromatic carbocycles. The number of benzene rings is 2. The highest BCUT2D eigenvalue weighted by Gasteiger charge is 2.25. The normalized spacial score (nSPS) is 14.2. The molecule has 1 unspecified atom stereocenters. The van der Waals surface area contributed by atoms with E-state index in [0.717, 1.165) is 6.26 Å². The van der Waals surface area contributed by atoms with E-state index in [-0.39, 0.29) is 19.1 Å². The van der Waals surface area contributed by atoms with E-state index in [1.165, 1.54) is 31.2 Å². The van der Waals surface area contributed by atoms with E-state index >= 15 is 0 Å². The van der Waals surface area contributed by atoms with Gasteiger partial charge in [-0.25, -0.2) is 5.43 Å². The minimum absolute atomic E-state index is 0.0160. The Hall–Kier alpha value is -3.51. The van der Waals surface area contributed by atoms with Crippen molar-refractivity contribution in [3.63, 3.8) is 0 Å². The lowest BCUT2D eigenvalue weighted by Gasteiger charge is -2.18. The smallest absolute Gasteiger partial charge is 0.269 e. The first-order chi connectivity index (χ1) is 15.0.